The predicted octanol–water partition coefficient (Wildman–Crippen LogP) is 4.62. The van der Waals surface area contributed by atoms with Crippen molar-refractivity contribution in [2.45, 2.75) is 51.9 Å². The Morgan fingerprint density at radius 2 is 1.63 bits per heavy atom. The number of unbranched alkanes of at least 4 members (excludes halogenated alkanes) is 6. The van der Waals surface area contributed by atoms with E-state index in [4.69, 9.17) is 9.94 Å². The van der Waals surface area contributed by atoms with Gasteiger partial charge in [0.1, 0.15) is 5.75 Å². The van der Waals surface area contributed by atoms with E-state index in [0.29, 0.717) is 0 Å². The van der Waals surface area contributed by atoms with Crippen molar-refractivity contribution in [3.8, 4) is 5.75 Å². The van der Waals surface area contributed by atoms with Gasteiger partial charge in [-0.05, 0) is 36.2 Å². The number of benzene rings is 1. The first kappa shape index (κ1) is 15.5. The van der Waals surface area contributed by atoms with Crippen molar-refractivity contribution >= 4 is 6.21 Å². The Morgan fingerprint density at radius 1 is 1.00 bits per heavy atom. The molecule has 0 aliphatic heterocycles. The van der Waals surface area contributed by atoms with E-state index in [-0.39, 0.29) is 0 Å². The van der Waals surface area contributed by atoms with Crippen molar-refractivity contribution < 1.29 is 9.94 Å². The summed E-state index contributed by atoms with van der Waals surface area (Å²) in [5.41, 5.74) is 0.866. The van der Waals surface area contributed by atoms with Gasteiger partial charge in [-0.15, -0.1) is 0 Å². The summed E-state index contributed by atoms with van der Waals surface area (Å²) in [4.78, 5) is 0. The summed E-state index contributed by atoms with van der Waals surface area (Å²) in [5, 5.41) is 11.4. The van der Waals surface area contributed by atoms with E-state index in [1.54, 1.807) is 0 Å². The molecule has 0 saturated heterocycles. The second-order valence-electron chi connectivity index (χ2n) is 4.78. The summed E-state index contributed by atoms with van der Waals surface area (Å²) in [6, 6.07) is 7.55. The van der Waals surface area contributed by atoms with Crippen molar-refractivity contribution in [2.24, 2.45) is 5.16 Å². The summed E-state index contributed by atoms with van der Waals surface area (Å²) in [6.07, 6.45) is 10.5. The van der Waals surface area contributed by atoms with E-state index in [1.165, 1.54) is 44.7 Å². The first-order chi connectivity index (χ1) is 9.36. The van der Waals surface area contributed by atoms with Gasteiger partial charge < -0.3 is 9.94 Å². The number of ether oxygens (including phenoxy) is 1. The summed E-state index contributed by atoms with van der Waals surface area (Å²) < 4.78 is 5.66. The molecule has 0 aliphatic rings. The van der Waals surface area contributed by atoms with Gasteiger partial charge in [-0.2, -0.15) is 0 Å². The zero-order valence-electron chi connectivity index (χ0n) is 11.8. The third-order valence-electron chi connectivity index (χ3n) is 3.10. The van der Waals surface area contributed by atoms with Crippen LogP contribution in [0.4, 0.5) is 0 Å². The van der Waals surface area contributed by atoms with Crippen LogP contribution in [0, 0.1) is 0 Å². The predicted molar refractivity (Wildman–Crippen MR) is 79.3 cm³/mol. The molecular weight excluding hydrogens is 238 g/mol. The maximum Gasteiger partial charge on any atom is 0.119 e. The SMILES string of the molecule is CCCCCCCCCOc1ccc(/C=N/O)cc1. The van der Waals surface area contributed by atoms with Gasteiger partial charge in [0.25, 0.3) is 0 Å². The lowest BCUT2D eigenvalue weighted by molar-refractivity contribution is 0.304. The normalized spacial score (nSPS) is 11.0. The van der Waals surface area contributed by atoms with E-state index in [0.717, 1.165) is 24.3 Å². The van der Waals surface area contributed by atoms with Crippen molar-refractivity contribution in [3.05, 3.63) is 29.8 Å². The molecule has 0 spiro atoms. The topological polar surface area (TPSA) is 41.8 Å². The van der Waals surface area contributed by atoms with Crippen molar-refractivity contribution in [3.63, 3.8) is 0 Å². The molecule has 0 fully saturated rings. The summed E-state index contributed by atoms with van der Waals surface area (Å²) in [6.45, 7) is 3.02. The van der Waals surface area contributed by atoms with E-state index < -0.39 is 0 Å². The first-order valence-corrected chi connectivity index (χ1v) is 7.27. The first-order valence-electron chi connectivity index (χ1n) is 7.27. The van der Waals surface area contributed by atoms with Gasteiger partial charge in [0.15, 0.2) is 0 Å². The Bertz CT molecular complexity index is 346. The van der Waals surface area contributed by atoms with Crippen LogP contribution in [0.2, 0.25) is 0 Å². The second-order valence-corrected chi connectivity index (χ2v) is 4.78. The standard InChI is InChI=1S/C16H25NO2/c1-2-3-4-5-6-7-8-13-19-16-11-9-15(10-12-16)14-17-18/h9-12,14,18H,2-8,13H2,1H3/b17-14+. The third-order valence-corrected chi connectivity index (χ3v) is 3.10. The summed E-state index contributed by atoms with van der Waals surface area (Å²) in [5.74, 6) is 0.876. The minimum atomic E-state index is 0.779. The lowest BCUT2D eigenvalue weighted by Gasteiger charge is -2.06. The van der Waals surface area contributed by atoms with Gasteiger partial charge in [-0.1, -0.05) is 50.6 Å². The average Bonchev–Trinajstić information content (AvgIpc) is 2.44. The number of oxime groups is 1. The van der Waals surface area contributed by atoms with Crippen LogP contribution in [0.3, 0.4) is 0 Å². The molecule has 1 aromatic carbocycles. The number of nitrogens with zero attached hydrogens (tertiary/aromatic N) is 1. The molecule has 106 valence electrons. The van der Waals surface area contributed by atoms with Crippen LogP contribution in [0.1, 0.15) is 57.4 Å². The molecule has 0 radical (unpaired) electrons. The highest BCUT2D eigenvalue weighted by molar-refractivity contribution is 5.79. The zero-order valence-corrected chi connectivity index (χ0v) is 11.8. The molecule has 0 unspecified atom stereocenters. The number of rotatable bonds is 10. The molecule has 0 atom stereocenters. The Morgan fingerprint density at radius 3 is 2.26 bits per heavy atom. The number of hydrogen-bond donors (Lipinski definition) is 1. The fourth-order valence-electron chi connectivity index (χ4n) is 1.97. The fraction of sp³-hybridized carbons (Fsp3) is 0.562. The monoisotopic (exact) mass is 263 g/mol. The van der Waals surface area contributed by atoms with Crippen molar-refractivity contribution in [1.29, 1.82) is 0 Å². The molecular formula is C16H25NO2. The Labute approximate surface area is 116 Å². The van der Waals surface area contributed by atoms with Crippen LogP contribution in [0.15, 0.2) is 29.4 Å². The largest absolute Gasteiger partial charge is 0.494 e. The van der Waals surface area contributed by atoms with E-state index >= 15 is 0 Å². The molecule has 0 saturated carbocycles. The highest BCUT2D eigenvalue weighted by Crippen LogP contribution is 2.12. The lowest BCUT2D eigenvalue weighted by Crippen LogP contribution is -1.97. The lowest BCUT2D eigenvalue weighted by atomic mass is 10.1. The summed E-state index contributed by atoms with van der Waals surface area (Å²) in [7, 11) is 0. The van der Waals surface area contributed by atoms with Gasteiger partial charge >= 0.3 is 0 Å². The van der Waals surface area contributed by atoms with E-state index in [1.807, 2.05) is 24.3 Å². The van der Waals surface area contributed by atoms with Crippen molar-refractivity contribution in [2.75, 3.05) is 6.61 Å². The minimum Gasteiger partial charge on any atom is -0.494 e. The summed E-state index contributed by atoms with van der Waals surface area (Å²) >= 11 is 0. The zero-order chi connectivity index (χ0) is 13.8. The van der Waals surface area contributed by atoms with Gasteiger partial charge in [-0.25, -0.2) is 0 Å². The quantitative estimate of drug-likeness (QED) is 0.289. The molecule has 0 bridgehead atoms. The van der Waals surface area contributed by atoms with Crippen LogP contribution < -0.4 is 4.74 Å². The van der Waals surface area contributed by atoms with E-state index in [2.05, 4.69) is 12.1 Å². The highest BCUT2D eigenvalue weighted by Gasteiger charge is 1.95. The second kappa shape index (κ2) is 10.4. The highest BCUT2D eigenvalue weighted by atomic mass is 16.5. The van der Waals surface area contributed by atoms with Crippen molar-refractivity contribution in [1.82, 2.24) is 0 Å². The Hall–Kier alpha value is -1.51. The third kappa shape index (κ3) is 7.50. The van der Waals surface area contributed by atoms with E-state index in [9.17, 15) is 0 Å². The fourth-order valence-corrected chi connectivity index (χ4v) is 1.97. The van der Waals surface area contributed by atoms with Crippen LogP contribution in [-0.4, -0.2) is 18.0 Å². The molecule has 1 N–H and O–H groups in total. The van der Waals surface area contributed by atoms with Crippen LogP contribution >= 0.6 is 0 Å². The van der Waals surface area contributed by atoms with Crippen LogP contribution in [-0.2, 0) is 0 Å². The molecule has 1 aromatic rings. The average molecular weight is 263 g/mol. The van der Waals surface area contributed by atoms with Crippen LogP contribution in [0.25, 0.3) is 0 Å². The van der Waals surface area contributed by atoms with Gasteiger partial charge in [-0.3, -0.25) is 0 Å². The number of hydrogen-bond acceptors (Lipinski definition) is 3. The molecule has 0 amide bonds. The van der Waals surface area contributed by atoms with Gasteiger partial charge in [0.2, 0.25) is 0 Å². The molecule has 0 heterocycles. The smallest absolute Gasteiger partial charge is 0.119 e. The molecule has 0 aliphatic carbocycles. The maximum atomic E-state index is 8.40. The Balaban J connectivity index is 2.06. The molecule has 1 rings (SSSR count). The molecule has 3 nitrogen and oxygen atoms in total. The Kier molecular flexibility index (Phi) is 8.52. The van der Waals surface area contributed by atoms with Gasteiger partial charge in [0.05, 0.1) is 12.8 Å². The molecule has 3 heteroatoms. The molecule has 19 heavy (non-hydrogen) atoms. The minimum absolute atomic E-state index is 0.779. The molecule has 0 aromatic heterocycles. The maximum absolute atomic E-state index is 8.40. The van der Waals surface area contributed by atoms with Crippen LogP contribution in [0.5, 0.6) is 5.75 Å². The van der Waals surface area contributed by atoms with Gasteiger partial charge in [0, 0.05) is 0 Å².